The molecule has 0 aliphatic heterocycles. The lowest BCUT2D eigenvalue weighted by molar-refractivity contribution is 0.227. The molecule has 0 amide bonds. The van der Waals surface area contributed by atoms with Gasteiger partial charge in [0.1, 0.15) is 0 Å². The molecule has 3 atom stereocenters. The summed E-state index contributed by atoms with van der Waals surface area (Å²) in [4.78, 5) is 0. The van der Waals surface area contributed by atoms with Crippen molar-refractivity contribution < 1.29 is 8.42 Å². The molecule has 1 aromatic rings. The molecule has 1 aromatic carbocycles. The highest BCUT2D eigenvalue weighted by atomic mass is 32.2. The van der Waals surface area contributed by atoms with E-state index in [0.29, 0.717) is 11.8 Å². The lowest BCUT2D eigenvalue weighted by Gasteiger charge is -2.34. The van der Waals surface area contributed by atoms with Gasteiger partial charge < -0.3 is 0 Å². The Labute approximate surface area is 122 Å². The molecule has 1 N–H and O–H groups in total. The maximum atomic E-state index is 12.1. The SMILES string of the molecule is C[C@@H]1[C@H](C)CCC[C@@H]1NS(=O)(=O)/C=C/c1ccccc1. The fraction of sp³-hybridized carbons (Fsp3) is 0.500. The molecule has 1 saturated carbocycles. The van der Waals surface area contributed by atoms with Gasteiger partial charge >= 0.3 is 0 Å². The summed E-state index contributed by atoms with van der Waals surface area (Å²) in [5.41, 5.74) is 0.892. The second kappa shape index (κ2) is 6.55. The smallest absolute Gasteiger partial charge is 0.208 e. The van der Waals surface area contributed by atoms with Gasteiger partial charge in [-0.2, -0.15) is 0 Å². The first-order valence-electron chi connectivity index (χ1n) is 7.23. The van der Waals surface area contributed by atoms with Crippen LogP contribution in [0.5, 0.6) is 0 Å². The van der Waals surface area contributed by atoms with Crippen LogP contribution in [0.2, 0.25) is 0 Å². The van der Waals surface area contributed by atoms with Crippen molar-refractivity contribution in [2.45, 2.75) is 39.2 Å². The minimum atomic E-state index is -3.37. The summed E-state index contributed by atoms with van der Waals surface area (Å²) in [7, 11) is -3.37. The van der Waals surface area contributed by atoms with E-state index < -0.39 is 10.0 Å². The molecule has 0 aromatic heterocycles. The predicted molar refractivity (Wildman–Crippen MR) is 83.5 cm³/mol. The van der Waals surface area contributed by atoms with E-state index in [1.54, 1.807) is 6.08 Å². The predicted octanol–water partition coefficient (Wildman–Crippen LogP) is 3.40. The molecule has 4 heteroatoms. The molecular weight excluding hydrogens is 270 g/mol. The van der Waals surface area contributed by atoms with Gasteiger partial charge in [0.05, 0.1) is 0 Å². The number of hydrogen-bond donors (Lipinski definition) is 1. The zero-order valence-corrected chi connectivity index (χ0v) is 12.9. The van der Waals surface area contributed by atoms with Gasteiger partial charge in [-0.3, -0.25) is 0 Å². The third-order valence-corrected chi connectivity index (χ3v) is 5.39. The molecule has 20 heavy (non-hydrogen) atoms. The van der Waals surface area contributed by atoms with Crippen LogP contribution in [0, 0.1) is 11.8 Å². The average molecular weight is 293 g/mol. The van der Waals surface area contributed by atoms with Crippen molar-refractivity contribution in [3.8, 4) is 0 Å². The van der Waals surface area contributed by atoms with Crippen LogP contribution in [0.25, 0.3) is 6.08 Å². The maximum Gasteiger partial charge on any atom is 0.233 e. The van der Waals surface area contributed by atoms with Gasteiger partial charge in [0, 0.05) is 11.4 Å². The molecule has 1 aliphatic rings. The van der Waals surface area contributed by atoms with Crippen molar-refractivity contribution in [3.63, 3.8) is 0 Å². The third-order valence-electron chi connectivity index (χ3n) is 4.26. The third kappa shape index (κ3) is 4.18. The summed E-state index contributed by atoms with van der Waals surface area (Å²) >= 11 is 0. The normalized spacial score (nSPS) is 27.8. The molecule has 0 heterocycles. The van der Waals surface area contributed by atoms with Crippen LogP contribution < -0.4 is 4.72 Å². The van der Waals surface area contributed by atoms with E-state index in [4.69, 9.17) is 0 Å². The monoisotopic (exact) mass is 293 g/mol. The van der Waals surface area contributed by atoms with E-state index in [-0.39, 0.29) is 6.04 Å². The largest absolute Gasteiger partial charge is 0.233 e. The highest BCUT2D eigenvalue weighted by molar-refractivity contribution is 7.92. The van der Waals surface area contributed by atoms with Crippen molar-refractivity contribution in [1.29, 1.82) is 0 Å². The number of rotatable bonds is 4. The second-order valence-electron chi connectivity index (χ2n) is 5.75. The highest BCUT2D eigenvalue weighted by Crippen LogP contribution is 2.29. The molecule has 1 fully saturated rings. The van der Waals surface area contributed by atoms with Gasteiger partial charge in [0.2, 0.25) is 10.0 Å². The van der Waals surface area contributed by atoms with E-state index in [1.165, 1.54) is 11.8 Å². The van der Waals surface area contributed by atoms with E-state index in [0.717, 1.165) is 18.4 Å². The van der Waals surface area contributed by atoms with E-state index in [9.17, 15) is 8.42 Å². The maximum absolute atomic E-state index is 12.1. The molecule has 0 spiro atoms. The van der Waals surface area contributed by atoms with Gasteiger partial charge in [-0.15, -0.1) is 0 Å². The Morgan fingerprint density at radius 3 is 2.55 bits per heavy atom. The Bertz CT molecular complexity index is 551. The minimum absolute atomic E-state index is 0.0594. The summed E-state index contributed by atoms with van der Waals surface area (Å²) < 4.78 is 27.1. The van der Waals surface area contributed by atoms with Crippen LogP contribution in [0.3, 0.4) is 0 Å². The lowest BCUT2D eigenvalue weighted by Crippen LogP contribution is -2.42. The fourth-order valence-corrected chi connectivity index (χ4v) is 3.90. The van der Waals surface area contributed by atoms with E-state index in [2.05, 4.69) is 18.6 Å². The van der Waals surface area contributed by atoms with Crippen LogP contribution in [-0.2, 0) is 10.0 Å². The standard InChI is InChI=1S/C16H23NO2S/c1-13-7-6-10-16(14(13)2)17-20(18,19)12-11-15-8-4-3-5-9-15/h3-5,8-9,11-14,16-17H,6-7,10H2,1-2H3/b12-11+/t13-,14-,16+/m1/s1. The molecule has 1 aliphatic carbocycles. The molecule has 0 saturated heterocycles. The Balaban J connectivity index is 2.02. The first-order chi connectivity index (χ1) is 9.48. The van der Waals surface area contributed by atoms with Gasteiger partial charge in [0.15, 0.2) is 0 Å². The number of sulfonamides is 1. The zero-order chi connectivity index (χ0) is 14.6. The number of hydrogen-bond acceptors (Lipinski definition) is 2. The zero-order valence-electron chi connectivity index (χ0n) is 12.1. The topological polar surface area (TPSA) is 46.2 Å². The van der Waals surface area contributed by atoms with Crippen LogP contribution >= 0.6 is 0 Å². The van der Waals surface area contributed by atoms with Gasteiger partial charge in [-0.05, 0) is 29.9 Å². The summed E-state index contributed by atoms with van der Waals surface area (Å²) in [6, 6.07) is 9.53. The van der Waals surface area contributed by atoms with Gasteiger partial charge in [-0.1, -0.05) is 57.0 Å². The van der Waals surface area contributed by atoms with Gasteiger partial charge in [0.25, 0.3) is 0 Å². The fourth-order valence-electron chi connectivity index (χ4n) is 2.73. The van der Waals surface area contributed by atoms with Crippen molar-refractivity contribution in [3.05, 3.63) is 41.3 Å². The Hall–Kier alpha value is -1.13. The van der Waals surface area contributed by atoms with Crippen LogP contribution in [-0.4, -0.2) is 14.5 Å². The summed E-state index contributed by atoms with van der Waals surface area (Å²) in [5, 5.41) is 1.27. The van der Waals surface area contributed by atoms with E-state index in [1.807, 2.05) is 30.3 Å². The van der Waals surface area contributed by atoms with Crippen molar-refractivity contribution in [2.24, 2.45) is 11.8 Å². The first kappa shape index (κ1) is 15.3. The Morgan fingerprint density at radius 1 is 1.15 bits per heavy atom. The molecular formula is C16H23NO2S. The lowest BCUT2D eigenvalue weighted by atomic mass is 9.78. The van der Waals surface area contributed by atoms with Gasteiger partial charge in [-0.25, -0.2) is 13.1 Å². The quantitative estimate of drug-likeness (QED) is 0.924. The van der Waals surface area contributed by atoms with Crippen LogP contribution in [0.4, 0.5) is 0 Å². The molecule has 0 radical (unpaired) electrons. The summed E-state index contributed by atoms with van der Waals surface area (Å²) in [6.07, 6.45) is 4.86. The second-order valence-corrected chi connectivity index (χ2v) is 7.35. The molecule has 0 bridgehead atoms. The number of nitrogens with one attached hydrogen (secondary N) is 1. The number of benzene rings is 1. The van der Waals surface area contributed by atoms with Crippen molar-refractivity contribution >= 4 is 16.1 Å². The molecule has 110 valence electrons. The molecule has 0 unspecified atom stereocenters. The Kier molecular flexibility index (Phi) is 5.00. The molecule has 3 nitrogen and oxygen atoms in total. The Morgan fingerprint density at radius 2 is 1.85 bits per heavy atom. The average Bonchev–Trinajstić information content (AvgIpc) is 2.43. The van der Waals surface area contributed by atoms with Crippen LogP contribution in [0.15, 0.2) is 35.7 Å². The molecule has 2 rings (SSSR count). The van der Waals surface area contributed by atoms with E-state index >= 15 is 0 Å². The summed E-state index contributed by atoms with van der Waals surface area (Å²) in [5.74, 6) is 0.971. The minimum Gasteiger partial charge on any atom is -0.208 e. The highest BCUT2D eigenvalue weighted by Gasteiger charge is 2.29. The first-order valence-corrected chi connectivity index (χ1v) is 8.78. The van der Waals surface area contributed by atoms with Crippen molar-refractivity contribution in [1.82, 2.24) is 4.72 Å². The van der Waals surface area contributed by atoms with Crippen LogP contribution in [0.1, 0.15) is 38.7 Å². The van der Waals surface area contributed by atoms with Crippen molar-refractivity contribution in [2.75, 3.05) is 0 Å². The summed E-state index contributed by atoms with van der Waals surface area (Å²) in [6.45, 7) is 4.34.